The molecule has 1 saturated heterocycles. The molecule has 1 aliphatic heterocycles. The number of morpholine rings is 1. The van der Waals surface area contributed by atoms with Crippen molar-refractivity contribution in [2.24, 2.45) is 5.92 Å². The largest absolute Gasteiger partial charge is 0.489 e. The summed E-state index contributed by atoms with van der Waals surface area (Å²) in [5.41, 5.74) is 2.79. The molecule has 2 heterocycles. The number of benzene rings is 1. The predicted octanol–water partition coefficient (Wildman–Crippen LogP) is 3.67. The molecular weight excluding hydrogens is 406 g/mol. The van der Waals surface area contributed by atoms with Gasteiger partial charge in [-0.15, -0.1) is 0 Å². The minimum atomic E-state index is 0.0543. The molecule has 0 aliphatic carbocycles. The summed E-state index contributed by atoms with van der Waals surface area (Å²) >= 11 is 0. The van der Waals surface area contributed by atoms with Crippen molar-refractivity contribution < 1.29 is 18.8 Å². The summed E-state index contributed by atoms with van der Waals surface area (Å²) in [6.45, 7) is 12.8. The van der Waals surface area contributed by atoms with Gasteiger partial charge in [0.15, 0.2) is 0 Å². The SMILES string of the molecule is CCC(CC)C(CNC(=O)Cc1ccc(OCc2c(C)noc2C)cc1)N1CCOCC1. The molecule has 1 aromatic heterocycles. The van der Waals surface area contributed by atoms with Gasteiger partial charge < -0.3 is 19.3 Å². The molecule has 1 aliphatic rings. The van der Waals surface area contributed by atoms with Gasteiger partial charge in [-0.2, -0.15) is 0 Å². The Kier molecular flexibility index (Phi) is 9.11. The van der Waals surface area contributed by atoms with Crippen LogP contribution in [0.15, 0.2) is 28.8 Å². The van der Waals surface area contributed by atoms with Crippen molar-refractivity contribution in [3.8, 4) is 5.75 Å². The lowest BCUT2D eigenvalue weighted by molar-refractivity contribution is -0.121. The maximum Gasteiger partial charge on any atom is 0.224 e. The number of nitrogens with zero attached hydrogens (tertiary/aromatic N) is 2. The third-order valence-electron chi connectivity index (χ3n) is 6.47. The number of aromatic nitrogens is 1. The number of hydrogen-bond donors (Lipinski definition) is 1. The van der Waals surface area contributed by atoms with Crippen molar-refractivity contribution in [2.45, 2.75) is 59.6 Å². The van der Waals surface area contributed by atoms with Crippen LogP contribution in [-0.2, 0) is 22.6 Å². The van der Waals surface area contributed by atoms with E-state index in [1.165, 1.54) is 0 Å². The molecule has 2 aromatic rings. The molecule has 1 atom stereocenters. The summed E-state index contributed by atoms with van der Waals surface area (Å²) in [5, 5.41) is 7.13. The Hall–Kier alpha value is -2.38. The highest BCUT2D eigenvalue weighted by atomic mass is 16.5. The zero-order valence-corrected chi connectivity index (χ0v) is 19.9. The maximum absolute atomic E-state index is 12.6. The van der Waals surface area contributed by atoms with E-state index in [9.17, 15) is 4.79 Å². The van der Waals surface area contributed by atoms with Crippen LogP contribution in [-0.4, -0.2) is 54.9 Å². The Morgan fingerprint density at radius 1 is 1.16 bits per heavy atom. The van der Waals surface area contributed by atoms with Gasteiger partial charge in [0.1, 0.15) is 18.1 Å². The van der Waals surface area contributed by atoms with E-state index in [1.54, 1.807) is 0 Å². The van der Waals surface area contributed by atoms with Gasteiger partial charge in [-0.3, -0.25) is 9.69 Å². The number of carbonyl (C=O) groups is 1. The van der Waals surface area contributed by atoms with Crippen LogP contribution >= 0.6 is 0 Å². The lowest BCUT2D eigenvalue weighted by Gasteiger charge is -2.38. The van der Waals surface area contributed by atoms with Crippen LogP contribution in [0.3, 0.4) is 0 Å². The first kappa shape index (κ1) is 24.3. The molecule has 3 rings (SSSR count). The van der Waals surface area contributed by atoms with E-state index in [1.807, 2.05) is 38.1 Å². The Bertz CT molecular complexity index is 820. The van der Waals surface area contributed by atoms with E-state index >= 15 is 0 Å². The molecule has 0 saturated carbocycles. The van der Waals surface area contributed by atoms with Crippen molar-refractivity contribution in [2.75, 3.05) is 32.8 Å². The second-order valence-electron chi connectivity index (χ2n) is 8.51. The van der Waals surface area contributed by atoms with Crippen LogP contribution < -0.4 is 10.1 Å². The fourth-order valence-corrected chi connectivity index (χ4v) is 4.37. The quantitative estimate of drug-likeness (QED) is 0.571. The molecule has 1 unspecified atom stereocenters. The normalized spacial score (nSPS) is 15.7. The number of amides is 1. The van der Waals surface area contributed by atoms with Gasteiger partial charge in [-0.05, 0) is 37.5 Å². The van der Waals surface area contributed by atoms with Gasteiger partial charge in [0.25, 0.3) is 0 Å². The van der Waals surface area contributed by atoms with E-state index in [4.69, 9.17) is 14.0 Å². The number of hydrogen-bond acceptors (Lipinski definition) is 6. The van der Waals surface area contributed by atoms with Crippen LogP contribution in [0.2, 0.25) is 0 Å². The highest BCUT2D eigenvalue weighted by molar-refractivity contribution is 5.78. The van der Waals surface area contributed by atoms with Crippen LogP contribution in [0.1, 0.15) is 49.3 Å². The monoisotopic (exact) mass is 443 g/mol. The molecular formula is C25H37N3O4. The zero-order chi connectivity index (χ0) is 22.9. The topological polar surface area (TPSA) is 76.8 Å². The first-order chi connectivity index (χ1) is 15.5. The van der Waals surface area contributed by atoms with Gasteiger partial charge in [-0.1, -0.05) is 44.0 Å². The Morgan fingerprint density at radius 2 is 1.84 bits per heavy atom. The lowest BCUT2D eigenvalue weighted by Crippen LogP contribution is -2.52. The molecule has 0 spiro atoms. The van der Waals surface area contributed by atoms with Crippen LogP contribution in [0.4, 0.5) is 0 Å². The Labute approximate surface area is 191 Å². The van der Waals surface area contributed by atoms with E-state index in [0.29, 0.717) is 31.5 Å². The van der Waals surface area contributed by atoms with Crippen molar-refractivity contribution >= 4 is 5.91 Å². The summed E-state index contributed by atoms with van der Waals surface area (Å²) < 4.78 is 16.5. The molecule has 0 radical (unpaired) electrons. The molecule has 7 nitrogen and oxygen atoms in total. The van der Waals surface area contributed by atoms with Crippen molar-refractivity contribution in [3.63, 3.8) is 0 Å². The molecule has 1 fully saturated rings. The predicted molar refractivity (Wildman–Crippen MR) is 124 cm³/mol. The molecule has 32 heavy (non-hydrogen) atoms. The van der Waals surface area contributed by atoms with Gasteiger partial charge in [0.2, 0.25) is 5.91 Å². The van der Waals surface area contributed by atoms with Crippen LogP contribution in [0.5, 0.6) is 5.75 Å². The summed E-state index contributed by atoms with van der Waals surface area (Å²) in [5.74, 6) is 2.16. The number of carbonyl (C=O) groups excluding carboxylic acids is 1. The fourth-order valence-electron chi connectivity index (χ4n) is 4.37. The highest BCUT2D eigenvalue weighted by Gasteiger charge is 2.27. The minimum absolute atomic E-state index is 0.0543. The number of ether oxygens (including phenoxy) is 2. The molecule has 1 amide bonds. The third kappa shape index (κ3) is 6.56. The van der Waals surface area contributed by atoms with Crippen LogP contribution in [0, 0.1) is 19.8 Å². The second kappa shape index (κ2) is 12.0. The summed E-state index contributed by atoms with van der Waals surface area (Å²) in [4.78, 5) is 15.1. The average molecular weight is 444 g/mol. The molecule has 176 valence electrons. The van der Waals surface area contributed by atoms with Gasteiger partial charge in [0.05, 0.1) is 30.9 Å². The minimum Gasteiger partial charge on any atom is -0.489 e. The lowest BCUT2D eigenvalue weighted by atomic mass is 9.92. The maximum atomic E-state index is 12.6. The van der Waals surface area contributed by atoms with Gasteiger partial charge >= 0.3 is 0 Å². The van der Waals surface area contributed by atoms with E-state index < -0.39 is 0 Å². The number of nitrogens with one attached hydrogen (secondary N) is 1. The smallest absolute Gasteiger partial charge is 0.224 e. The van der Waals surface area contributed by atoms with Crippen molar-refractivity contribution in [1.82, 2.24) is 15.4 Å². The summed E-state index contributed by atoms with van der Waals surface area (Å²) in [7, 11) is 0. The molecule has 1 N–H and O–H groups in total. The molecule has 0 bridgehead atoms. The summed E-state index contributed by atoms with van der Waals surface area (Å²) in [6.07, 6.45) is 2.59. The Morgan fingerprint density at radius 3 is 2.44 bits per heavy atom. The van der Waals surface area contributed by atoms with E-state index in [2.05, 4.69) is 29.2 Å². The van der Waals surface area contributed by atoms with Crippen molar-refractivity contribution in [3.05, 3.63) is 46.8 Å². The standard InChI is InChI=1S/C25H37N3O4/c1-5-21(6-2)24(28-11-13-30-14-12-28)16-26-25(29)15-20-7-9-22(10-8-20)31-17-23-18(3)27-32-19(23)4/h7-10,21,24H,5-6,11-17H2,1-4H3,(H,26,29). The van der Waals surface area contributed by atoms with Gasteiger partial charge in [-0.25, -0.2) is 0 Å². The van der Waals surface area contributed by atoms with Crippen molar-refractivity contribution in [1.29, 1.82) is 0 Å². The third-order valence-corrected chi connectivity index (χ3v) is 6.47. The van der Waals surface area contributed by atoms with E-state index in [0.717, 1.165) is 67.5 Å². The second-order valence-corrected chi connectivity index (χ2v) is 8.51. The number of rotatable bonds is 11. The van der Waals surface area contributed by atoms with E-state index in [-0.39, 0.29) is 5.91 Å². The fraction of sp³-hybridized carbons (Fsp3) is 0.600. The summed E-state index contributed by atoms with van der Waals surface area (Å²) in [6, 6.07) is 8.06. The first-order valence-electron chi connectivity index (χ1n) is 11.7. The zero-order valence-electron chi connectivity index (χ0n) is 19.9. The van der Waals surface area contributed by atoms with Crippen LogP contribution in [0.25, 0.3) is 0 Å². The average Bonchev–Trinajstić information content (AvgIpc) is 3.14. The number of aryl methyl sites for hydroxylation is 2. The molecule has 7 heteroatoms. The van der Waals surface area contributed by atoms with Gasteiger partial charge in [0, 0.05) is 25.7 Å². The first-order valence-corrected chi connectivity index (χ1v) is 11.7. The molecule has 1 aromatic carbocycles. The Balaban J connectivity index is 1.50. The highest BCUT2D eigenvalue weighted by Crippen LogP contribution is 2.20.